The molecule has 1 fully saturated rings. The van der Waals surface area contributed by atoms with Crippen molar-refractivity contribution in [3.8, 4) is 0 Å². The van der Waals surface area contributed by atoms with Gasteiger partial charge in [-0.2, -0.15) is 0 Å². The summed E-state index contributed by atoms with van der Waals surface area (Å²) < 4.78 is 5.36. The van der Waals surface area contributed by atoms with Crippen molar-refractivity contribution >= 4 is 22.8 Å². The maximum Gasteiger partial charge on any atom is 0.407 e. The van der Waals surface area contributed by atoms with Crippen LogP contribution in [0.3, 0.4) is 0 Å². The Morgan fingerprint density at radius 1 is 1.00 bits per heavy atom. The number of nitrogens with zero attached hydrogens (tertiary/aromatic N) is 1. The predicted molar refractivity (Wildman–Crippen MR) is 123 cm³/mol. The van der Waals surface area contributed by atoms with Gasteiger partial charge in [0.25, 0.3) is 0 Å². The number of hydrogen-bond donors (Lipinski definition) is 3. The smallest absolute Gasteiger partial charge is 0.407 e. The summed E-state index contributed by atoms with van der Waals surface area (Å²) in [7, 11) is 1.80. The van der Waals surface area contributed by atoms with Crippen molar-refractivity contribution in [1.82, 2.24) is 16.0 Å². The van der Waals surface area contributed by atoms with E-state index >= 15 is 0 Å². The predicted octanol–water partition coefficient (Wildman–Crippen LogP) is 4.34. The Balaban J connectivity index is 1.43. The van der Waals surface area contributed by atoms with E-state index in [4.69, 9.17) is 4.74 Å². The van der Waals surface area contributed by atoms with Crippen molar-refractivity contribution in [2.45, 2.75) is 70.7 Å². The first-order valence-electron chi connectivity index (χ1n) is 10.8. The number of guanidine groups is 1. The molecule has 6 heteroatoms. The highest BCUT2D eigenvalue weighted by atomic mass is 16.6. The molecule has 0 saturated heterocycles. The zero-order valence-corrected chi connectivity index (χ0v) is 18.5. The second-order valence-electron chi connectivity index (χ2n) is 8.95. The van der Waals surface area contributed by atoms with Gasteiger partial charge in [0.05, 0.1) is 0 Å². The fourth-order valence-corrected chi connectivity index (χ4v) is 3.78. The average molecular weight is 411 g/mol. The second-order valence-corrected chi connectivity index (χ2v) is 8.95. The first-order valence-corrected chi connectivity index (χ1v) is 10.8. The topological polar surface area (TPSA) is 74.8 Å². The number of aliphatic imine (C=N–C) groups is 1. The van der Waals surface area contributed by atoms with E-state index in [0.29, 0.717) is 6.04 Å². The van der Waals surface area contributed by atoms with Crippen LogP contribution in [-0.2, 0) is 11.3 Å². The molecule has 0 bridgehead atoms. The summed E-state index contributed by atoms with van der Waals surface area (Å²) in [5, 5.41) is 12.4. The lowest BCUT2D eigenvalue weighted by Gasteiger charge is -2.31. The molecule has 0 heterocycles. The monoisotopic (exact) mass is 410 g/mol. The van der Waals surface area contributed by atoms with Gasteiger partial charge in [0.2, 0.25) is 0 Å². The molecule has 1 aliphatic carbocycles. The highest BCUT2D eigenvalue weighted by Crippen LogP contribution is 2.20. The third kappa shape index (κ3) is 6.65. The van der Waals surface area contributed by atoms with Gasteiger partial charge < -0.3 is 20.7 Å². The molecule has 1 aliphatic rings. The highest BCUT2D eigenvalue weighted by molar-refractivity contribution is 5.83. The van der Waals surface area contributed by atoms with E-state index < -0.39 is 5.60 Å². The van der Waals surface area contributed by atoms with E-state index in [1.165, 1.54) is 16.3 Å². The fourth-order valence-electron chi connectivity index (χ4n) is 3.78. The number of hydrogen-bond acceptors (Lipinski definition) is 3. The number of benzene rings is 2. The van der Waals surface area contributed by atoms with Crippen molar-refractivity contribution < 1.29 is 9.53 Å². The number of alkyl carbamates (subject to hydrolysis) is 1. The molecule has 0 aromatic heterocycles. The van der Waals surface area contributed by atoms with Gasteiger partial charge in [-0.15, -0.1) is 0 Å². The molecule has 0 radical (unpaired) electrons. The Hall–Kier alpha value is -2.76. The molecule has 0 spiro atoms. The van der Waals surface area contributed by atoms with Gasteiger partial charge in [0.1, 0.15) is 5.60 Å². The minimum absolute atomic E-state index is 0.172. The van der Waals surface area contributed by atoms with Gasteiger partial charge in [0.15, 0.2) is 5.96 Å². The third-order valence-corrected chi connectivity index (χ3v) is 5.29. The van der Waals surface area contributed by atoms with Gasteiger partial charge >= 0.3 is 6.09 Å². The molecule has 0 aliphatic heterocycles. The zero-order valence-electron chi connectivity index (χ0n) is 18.5. The van der Waals surface area contributed by atoms with E-state index in [9.17, 15) is 4.79 Å². The van der Waals surface area contributed by atoms with E-state index in [2.05, 4.69) is 63.4 Å². The van der Waals surface area contributed by atoms with Gasteiger partial charge in [-0.25, -0.2) is 4.79 Å². The number of carbonyl (C=O) groups excluding carboxylic acids is 1. The molecule has 0 atom stereocenters. The summed E-state index contributed by atoms with van der Waals surface area (Å²) in [6.07, 6.45) is 3.50. The first kappa shape index (κ1) is 21.9. The van der Waals surface area contributed by atoms with Crippen LogP contribution in [0.1, 0.15) is 52.0 Å². The minimum atomic E-state index is -0.466. The summed E-state index contributed by atoms with van der Waals surface area (Å²) in [5.41, 5.74) is 0.758. The van der Waals surface area contributed by atoms with Crippen molar-refractivity contribution in [1.29, 1.82) is 0 Å². The van der Waals surface area contributed by atoms with Gasteiger partial charge in [-0.3, -0.25) is 4.99 Å². The Morgan fingerprint density at radius 2 is 1.63 bits per heavy atom. The van der Waals surface area contributed by atoms with Crippen LogP contribution in [0.15, 0.2) is 47.5 Å². The van der Waals surface area contributed by atoms with Crippen LogP contribution in [0.2, 0.25) is 0 Å². The molecule has 2 aromatic rings. The lowest BCUT2D eigenvalue weighted by Crippen LogP contribution is -2.47. The normalized spacial score (nSPS) is 19.9. The zero-order chi connectivity index (χ0) is 21.6. The molecule has 0 unspecified atom stereocenters. The van der Waals surface area contributed by atoms with Gasteiger partial charge in [0, 0.05) is 25.7 Å². The largest absolute Gasteiger partial charge is 0.444 e. The number of nitrogens with one attached hydrogen (secondary N) is 3. The molecule has 1 amide bonds. The number of ether oxygens (including phenoxy) is 1. The SMILES string of the molecule is CN=C(NCc1ccc2ccccc2c1)NC1CCC(NC(=O)OC(C)(C)C)CC1. The minimum Gasteiger partial charge on any atom is -0.444 e. The number of carbonyl (C=O) groups is 1. The standard InChI is InChI=1S/C24H34N4O2/c1-24(2,3)30-23(29)28-21-13-11-20(12-14-21)27-22(25-4)26-16-17-9-10-18-7-5-6-8-19(18)15-17/h5-10,15,20-21H,11-14,16H2,1-4H3,(H,28,29)(H2,25,26,27). The molecule has 6 nitrogen and oxygen atoms in total. The Kier molecular flexibility index (Phi) is 7.19. The van der Waals surface area contributed by atoms with Crippen molar-refractivity contribution in [3.63, 3.8) is 0 Å². The van der Waals surface area contributed by atoms with Crippen molar-refractivity contribution in [2.24, 2.45) is 4.99 Å². The average Bonchev–Trinajstić information content (AvgIpc) is 2.70. The number of amides is 1. The lowest BCUT2D eigenvalue weighted by atomic mass is 9.91. The molecule has 1 saturated carbocycles. The van der Waals surface area contributed by atoms with Crippen LogP contribution < -0.4 is 16.0 Å². The molecule has 30 heavy (non-hydrogen) atoms. The second kappa shape index (κ2) is 9.83. The van der Waals surface area contributed by atoms with Crippen LogP contribution >= 0.6 is 0 Å². The van der Waals surface area contributed by atoms with Gasteiger partial charge in [-0.1, -0.05) is 36.4 Å². The van der Waals surface area contributed by atoms with E-state index in [1.807, 2.05) is 20.8 Å². The maximum atomic E-state index is 12.0. The maximum absolute atomic E-state index is 12.0. The van der Waals surface area contributed by atoms with Crippen molar-refractivity contribution in [2.75, 3.05) is 7.05 Å². The Bertz CT molecular complexity index is 880. The van der Waals surface area contributed by atoms with Crippen LogP contribution in [-0.4, -0.2) is 36.8 Å². The molecular formula is C24H34N4O2. The molecule has 2 aromatic carbocycles. The molecule has 3 N–H and O–H groups in total. The number of rotatable bonds is 4. The Labute approximate surface area is 179 Å². The lowest BCUT2D eigenvalue weighted by molar-refractivity contribution is 0.0490. The Morgan fingerprint density at radius 3 is 2.27 bits per heavy atom. The highest BCUT2D eigenvalue weighted by Gasteiger charge is 2.25. The summed E-state index contributed by atoms with van der Waals surface area (Å²) in [5.74, 6) is 0.812. The van der Waals surface area contributed by atoms with Crippen molar-refractivity contribution in [3.05, 3.63) is 48.0 Å². The van der Waals surface area contributed by atoms with Crippen LogP contribution in [0, 0.1) is 0 Å². The fraction of sp³-hybridized carbons (Fsp3) is 0.500. The first-order chi connectivity index (χ1) is 14.3. The molecule has 162 valence electrons. The summed E-state index contributed by atoms with van der Waals surface area (Å²) in [4.78, 5) is 16.3. The number of fused-ring (bicyclic) bond motifs is 1. The summed E-state index contributed by atoms with van der Waals surface area (Å²) in [6, 6.07) is 15.4. The summed E-state index contributed by atoms with van der Waals surface area (Å²) in [6.45, 7) is 6.36. The molecular weight excluding hydrogens is 376 g/mol. The van der Waals surface area contributed by atoms with E-state index in [-0.39, 0.29) is 12.1 Å². The van der Waals surface area contributed by atoms with Crippen LogP contribution in [0.25, 0.3) is 10.8 Å². The van der Waals surface area contributed by atoms with Gasteiger partial charge in [-0.05, 0) is 68.9 Å². The van der Waals surface area contributed by atoms with E-state index in [0.717, 1.165) is 38.2 Å². The van der Waals surface area contributed by atoms with E-state index in [1.54, 1.807) is 7.05 Å². The van der Waals surface area contributed by atoms with Crippen LogP contribution in [0.4, 0.5) is 4.79 Å². The third-order valence-electron chi connectivity index (χ3n) is 5.29. The summed E-state index contributed by atoms with van der Waals surface area (Å²) >= 11 is 0. The quantitative estimate of drug-likeness (QED) is 0.518. The molecule has 3 rings (SSSR count). The van der Waals surface area contributed by atoms with Crippen LogP contribution in [0.5, 0.6) is 0 Å².